The fraction of sp³-hybridized carbons (Fsp3) is 0.0909. The van der Waals surface area contributed by atoms with Gasteiger partial charge in [0, 0.05) is 23.0 Å². The van der Waals surface area contributed by atoms with E-state index in [2.05, 4.69) is 25.0 Å². The lowest BCUT2D eigenvalue weighted by Crippen LogP contribution is -2.14. The minimum absolute atomic E-state index is 0.0140. The standard InChI is InChI=1S/C22H17ClN6O5S/c1-32-20-10-19(27-22(28-20)33-2)29-35(30,31)16-6-4-15(5-7-16)25-12-13(11-24)21-26-17-9-14(23)3-8-18(17)34-21/h3-10,12,25H,1-2H3,(H,27,28,29)/b13-12+. The predicted molar refractivity (Wildman–Crippen MR) is 129 cm³/mol. The molecule has 0 saturated heterocycles. The van der Waals surface area contributed by atoms with Crippen molar-refractivity contribution in [3.63, 3.8) is 0 Å². The van der Waals surface area contributed by atoms with Crippen LogP contribution < -0.4 is 19.5 Å². The number of benzene rings is 2. The molecule has 178 valence electrons. The van der Waals surface area contributed by atoms with Crippen LogP contribution in [0.5, 0.6) is 11.9 Å². The molecule has 0 aliphatic carbocycles. The molecule has 0 aliphatic heterocycles. The van der Waals surface area contributed by atoms with Gasteiger partial charge in [-0.3, -0.25) is 4.72 Å². The van der Waals surface area contributed by atoms with E-state index in [9.17, 15) is 13.7 Å². The number of hydrogen-bond acceptors (Lipinski definition) is 10. The van der Waals surface area contributed by atoms with E-state index in [-0.39, 0.29) is 34.1 Å². The molecule has 0 unspecified atom stereocenters. The van der Waals surface area contributed by atoms with Crippen LogP contribution in [0.4, 0.5) is 11.5 Å². The van der Waals surface area contributed by atoms with Crippen molar-refractivity contribution >= 4 is 49.8 Å². The van der Waals surface area contributed by atoms with Crippen LogP contribution in [0.25, 0.3) is 16.7 Å². The van der Waals surface area contributed by atoms with Crippen LogP contribution in [0.15, 0.2) is 64.0 Å². The molecule has 0 aliphatic rings. The largest absolute Gasteiger partial charge is 0.481 e. The first-order chi connectivity index (χ1) is 16.8. The van der Waals surface area contributed by atoms with Crippen LogP contribution in [0, 0.1) is 11.3 Å². The number of sulfonamides is 1. The summed E-state index contributed by atoms with van der Waals surface area (Å²) in [5.41, 5.74) is 1.68. The van der Waals surface area contributed by atoms with Gasteiger partial charge in [-0.25, -0.2) is 13.4 Å². The second-order valence-electron chi connectivity index (χ2n) is 6.86. The lowest BCUT2D eigenvalue weighted by atomic mass is 10.3. The summed E-state index contributed by atoms with van der Waals surface area (Å²) in [5.74, 6) is 0.240. The number of ether oxygens (including phenoxy) is 2. The van der Waals surface area contributed by atoms with Gasteiger partial charge in [0.05, 0.1) is 19.1 Å². The minimum atomic E-state index is -3.96. The average molecular weight is 513 g/mol. The second-order valence-corrected chi connectivity index (χ2v) is 8.98. The lowest BCUT2D eigenvalue weighted by molar-refractivity contribution is 0.353. The predicted octanol–water partition coefficient (Wildman–Crippen LogP) is 4.07. The van der Waals surface area contributed by atoms with Gasteiger partial charge in [-0.15, -0.1) is 0 Å². The number of nitrogens with zero attached hydrogens (tertiary/aromatic N) is 4. The smallest absolute Gasteiger partial charge is 0.321 e. The van der Waals surface area contributed by atoms with Crippen molar-refractivity contribution < 1.29 is 22.3 Å². The van der Waals surface area contributed by atoms with Gasteiger partial charge in [0.1, 0.15) is 17.2 Å². The molecule has 35 heavy (non-hydrogen) atoms. The van der Waals surface area contributed by atoms with Crippen molar-refractivity contribution in [1.82, 2.24) is 15.0 Å². The van der Waals surface area contributed by atoms with E-state index in [0.29, 0.717) is 21.8 Å². The Morgan fingerprint density at radius 3 is 2.54 bits per heavy atom. The highest BCUT2D eigenvalue weighted by atomic mass is 35.5. The zero-order chi connectivity index (χ0) is 25.0. The summed E-state index contributed by atoms with van der Waals surface area (Å²) < 4.78 is 43.5. The van der Waals surface area contributed by atoms with E-state index in [4.69, 9.17) is 25.5 Å². The molecule has 0 atom stereocenters. The molecule has 2 aromatic heterocycles. The SMILES string of the molecule is COc1cc(NS(=O)(=O)c2ccc(N/C=C(\C#N)c3nc4cc(Cl)ccc4o3)cc2)nc(OC)n1. The zero-order valence-electron chi connectivity index (χ0n) is 18.3. The van der Waals surface area contributed by atoms with E-state index in [1.54, 1.807) is 18.2 Å². The van der Waals surface area contributed by atoms with Crippen LogP contribution in [0.3, 0.4) is 0 Å². The third-order valence-corrected chi connectivity index (χ3v) is 6.17. The number of allylic oxidation sites excluding steroid dienone is 1. The summed E-state index contributed by atoms with van der Waals surface area (Å²) in [5, 5.41) is 12.9. The van der Waals surface area contributed by atoms with Crippen molar-refractivity contribution in [2.24, 2.45) is 0 Å². The van der Waals surface area contributed by atoms with Crippen molar-refractivity contribution in [1.29, 1.82) is 5.26 Å². The topological polar surface area (TPSA) is 152 Å². The molecule has 13 heteroatoms. The molecule has 4 aromatic rings. The Morgan fingerprint density at radius 2 is 1.86 bits per heavy atom. The van der Waals surface area contributed by atoms with E-state index >= 15 is 0 Å². The molecule has 2 aromatic carbocycles. The summed E-state index contributed by atoms with van der Waals surface area (Å²) in [6.07, 6.45) is 1.41. The Morgan fingerprint density at radius 1 is 1.09 bits per heavy atom. The number of aromatic nitrogens is 3. The Labute approximate surface area is 205 Å². The van der Waals surface area contributed by atoms with E-state index in [1.165, 1.54) is 50.8 Å². The highest BCUT2D eigenvalue weighted by Gasteiger charge is 2.17. The van der Waals surface area contributed by atoms with Crippen LogP contribution in [0.2, 0.25) is 5.02 Å². The van der Waals surface area contributed by atoms with Gasteiger partial charge in [-0.2, -0.15) is 15.2 Å². The van der Waals surface area contributed by atoms with Crippen molar-refractivity contribution in [3.05, 3.63) is 65.6 Å². The van der Waals surface area contributed by atoms with Gasteiger partial charge in [0.2, 0.25) is 11.8 Å². The number of hydrogen-bond donors (Lipinski definition) is 2. The molecule has 11 nitrogen and oxygen atoms in total. The highest BCUT2D eigenvalue weighted by Crippen LogP contribution is 2.25. The summed E-state index contributed by atoms with van der Waals surface area (Å²) in [6.45, 7) is 0. The maximum absolute atomic E-state index is 12.8. The maximum atomic E-state index is 12.8. The molecule has 2 N–H and O–H groups in total. The van der Waals surface area contributed by atoms with Gasteiger partial charge in [-0.1, -0.05) is 11.6 Å². The lowest BCUT2D eigenvalue weighted by Gasteiger charge is -2.10. The summed E-state index contributed by atoms with van der Waals surface area (Å²) in [7, 11) is -1.22. The number of rotatable bonds is 8. The van der Waals surface area contributed by atoms with Crippen LogP contribution in [0.1, 0.15) is 5.89 Å². The first-order valence-corrected chi connectivity index (χ1v) is 11.7. The van der Waals surface area contributed by atoms with Gasteiger partial charge in [-0.05, 0) is 42.5 Å². The third-order valence-electron chi connectivity index (χ3n) is 4.56. The zero-order valence-corrected chi connectivity index (χ0v) is 19.9. The van der Waals surface area contributed by atoms with Gasteiger partial charge >= 0.3 is 6.01 Å². The number of nitrogens with one attached hydrogen (secondary N) is 2. The summed E-state index contributed by atoms with van der Waals surface area (Å²) in [4.78, 5) is 12.1. The Kier molecular flexibility index (Phi) is 6.72. The number of methoxy groups -OCH3 is 2. The minimum Gasteiger partial charge on any atom is -0.481 e. The van der Waals surface area contributed by atoms with Crippen LogP contribution in [-0.2, 0) is 10.0 Å². The number of fused-ring (bicyclic) bond motifs is 1. The van der Waals surface area contributed by atoms with Crippen molar-refractivity contribution in [3.8, 4) is 18.0 Å². The number of anilines is 2. The second kappa shape index (κ2) is 9.88. The molecular weight excluding hydrogens is 496 g/mol. The molecule has 2 heterocycles. The van der Waals surface area contributed by atoms with Crippen molar-refractivity contribution in [2.45, 2.75) is 4.90 Å². The first kappa shape index (κ1) is 23.8. The van der Waals surface area contributed by atoms with E-state index in [0.717, 1.165) is 0 Å². The fourth-order valence-corrected chi connectivity index (χ4v) is 4.05. The van der Waals surface area contributed by atoms with Crippen LogP contribution in [-0.4, -0.2) is 37.6 Å². The van der Waals surface area contributed by atoms with E-state index < -0.39 is 10.0 Å². The summed E-state index contributed by atoms with van der Waals surface area (Å²) in [6, 6.07) is 14.1. The molecule has 0 amide bonds. The number of nitriles is 1. The first-order valence-electron chi connectivity index (χ1n) is 9.84. The fourth-order valence-electron chi connectivity index (χ4n) is 2.89. The third kappa shape index (κ3) is 5.43. The van der Waals surface area contributed by atoms with Crippen molar-refractivity contribution in [2.75, 3.05) is 24.3 Å². The number of halogens is 1. The average Bonchev–Trinajstić information content (AvgIpc) is 3.27. The summed E-state index contributed by atoms with van der Waals surface area (Å²) >= 11 is 5.96. The van der Waals surface area contributed by atoms with Crippen LogP contribution >= 0.6 is 11.6 Å². The molecule has 0 spiro atoms. The van der Waals surface area contributed by atoms with E-state index in [1.807, 2.05) is 6.07 Å². The monoisotopic (exact) mass is 512 g/mol. The molecular formula is C22H17ClN6O5S. The Bertz CT molecular complexity index is 1540. The van der Waals surface area contributed by atoms with Gasteiger partial charge in [0.15, 0.2) is 11.4 Å². The quantitative estimate of drug-likeness (QED) is 0.330. The van der Waals surface area contributed by atoms with Gasteiger partial charge < -0.3 is 19.2 Å². The molecule has 0 saturated carbocycles. The molecule has 0 fully saturated rings. The molecule has 0 radical (unpaired) electrons. The normalized spacial score (nSPS) is 11.7. The molecule has 4 rings (SSSR count). The van der Waals surface area contributed by atoms with Gasteiger partial charge in [0.25, 0.3) is 10.0 Å². The Balaban J connectivity index is 1.51. The highest BCUT2D eigenvalue weighted by molar-refractivity contribution is 7.92. The number of oxazole rings is 1. The Hall–Kier alpha value is -4.34. The molecule has 0 bridgehead atoms. The maximum Gasteiger partial charge on any atom is 0.321 e.